The van der Waals surface area contributed by atoms with Crippen LogP contribution in [0, 0.1) is 0 Å². The highest BCUT2D eigenvalue weighted by Crippen LogP contribution is 2.35. The van der Waals surface area contributed by atoms with Crippen LogP contribution < -0.4 is 10.9 Å². The average molecular weight is 474 g/mol. The Morgan fingerprint density at radius 2 is 1.84 bits per heavy atom. The molecule has 1 unspecified atom stereocenters. The van der Waals surface area contributed by atoms with Gasteiger partial charge in [-0.3, -0.25) is 19.2 Å². The highest BCUT2D eigenvalue weighted by Gasteiger charge is 2.52. The lowest BCUT2D eigenvalue weighted by Crippen LogP contribution is -2.68. The number of carboxylic acids is 1. The van der Waals surface area contributed by atoms with Crippen LogP contribution in [0.25, 0.3) is 0 Å². The Kier molecular flexibility index (Phi) is 7.15. The van der Waals surface area contributed by atoms with Gasteiger partial charge in [-0.25, -0.2) is 15.0 Å². The zero-order chi connectivity index (χ0) is 24.4. The first-order chi connectivity index (χ1) is 14.8. The van der Waals surface area contributed by atoms with Crippen LogP contribution in [0.4, 0.5) is 4.79 Å². The van der Waals surface area contributed by atoms with E-state index in [2.05, 4.69) is 0 Å². The summed E-state index contributed by atoms with van der Waals surface area (Å²) >= 11 is -3.10. The average Bonchev–Trinajstić information content (AvgIpc) is 2.71. The van der Waals surface area contributed by atoms with Gasteiger partial charge in [-0.2, -0.15) is 0 Å². The quantitative estimate of drug-likeness (QED) is 0.120. The number of phenolic OH excluding ortho intramolecular Hbond substituents is 3. The number of benzene rings is 1. The molecule has 4 atom stereocenters. The molecule has 1 aromatic carbocycles. The van der Waals surface area contributed by atoms with Crippen LogP contribution in [0.2, 0.25) is 0 Å². The number of nitrogens with one attached hydrogen (secondary N) is 2. The second-order valence-corrected chi connectivity index (χ2v) is 8.56. The number of hydrazine groups is 1. The number of hydrogen-bond acceptors (Lipinski definition) is 10. The summed E-state index contributed by atoms with van der Waals surface area (Å²) in [6.45, 7) is 1.55. The third-order valence-electron chi connectivity index (χ3n) is 4.80. The molecule has 1 fully saturated rings. The van der Waals surface area contributed by atoms with Gasteiger partial charge in [0.2, 0.25) is 5.91 Å². The SMILES string of the molecule is C[C@@H]1CC(=O)N1[C@@H](C(=O)O)[C@](C)(COC(=O)NNC(=O)c1cc(O)c(O)c(O)c1)S(=O)[O-]. The fourth-order valence-corrected chi connectivity index (χ4v) is 3.59. The summed E-state index contributed by atoms with van der Waals surface area (Å²) in [4.78, 5) is 48.3. The molecule has 6 N–H and O–H groups in total. The number of rotatable bonds is 7. The van der Waals surface area contributed by atoms with Crippen molar-refractivity contribution in [2.75, 3.05) is 6.61 Å². The topological polar surface area (TPSA) is 226 Å². The molecule has 0 saturated carbocycles. The molecule has 3 amide bonds. The molecule has 2 rings (SSSR count). The summed E-state index contributed by atoms with van der Waals surface area (Å²) in [7, 11) is 0. The Morgan fingerprint density at radius 3 is 2.28 bits per heavy atom. The van der Waals surface area contributed by atoms with Crippen LogP contribution in [-0.4, -0.2) is 81.4 Å². The molecule has 0 bridgehead atoms. The van der Waals surface area contributed by atoms with Gasteiger partial charge in [-0.1, -0.05) is 0 Å². The largest absolute Gasteiger partial charge is 0.772 e. The minimum atomic E-state index is -3.10. The molecule has 15 heteroatoms. The van der Waals surface area contributed by atoms with E-state index in [1.54, 1.807) is 5.43 Å². The van der Waals surface area contributed by atoms with Crippen molar-refractivity contribution in [1.82, 2.24) is 15.8 Å². The van der Waals surface area contributed by atoms with Crippen molar-refractivity contribution < 1.29 is 53.1 Å². The molecular weight excluding hydrogens is 454 g/mol. The van der Waals surface area contributed by atoms with Gasteiger partial charge in [0.25, 0.3) is 5.91 Å². The number of nitrogens with zero attached hydrogens (tertiary/aromatic N) is 1. The first kappa shape index (κ1) is 24.7. The molecule has 0 aliphatic carbocycles. The first-order valence-electron chi connectivity index (χ1n) is 8.91. The van der Waals surface area contributed by atoms with E-state index in [1.165, 1.54) is 6.92 Å². The molecule has 32 heavy (non-hydrogen) atoms. The number of carbonyl (C=O) groups excluding carboxylic acids is 3. The lowest BCUT2D eigenvalue weighted by molar-refractivity contribution is -0.163. The molecule has 1 aliphatic heterocycles. The number of aliphatic carboxylic acids is 1. The van der Waals surface area contributed by atoms with Gasteiger partial charge in [0.05, 0.1) is 4.75 Å². The lowest BCUT2D eigenvalue weighted by atomic mass is 9.92. The number of amides is 3. The minimum Gasteiger partial charge on any atom is -0.772 e. The summed E-state index contributed by atoms with van der Waals surface area (Å²) in [5.74, 6) is -5.70. The van der Waals surface area contributed by atoms with Crippen LogP contribution in [0.5, 0.6) is 17.2 Å². The number of phenols is 3. The maximum absolute atomic E-state index is 12.0. The van der Waals surface area contributed by atoms with E-state index in [-0.39, 0.29) is 12.0 Å². The fraction of sp³-hybridized carbons (Fsp3) is 0.412. The van der Waals surface area contributed by atoms with Crippen molar-refractivity contribution in [1.29, 1.82) is 0 Å². The van der Waals surface area contributed by atoms with E-state index >= 15 is 0 Å². The zero-order valence-electron chi connectivity index (χ0n) is 16.7. The number of aromatic hydroxyl groups is 3. The molecule has 1 aliphatic rings. The van der Waals surface area contributed by atoms with Crippen LogP contribution in [0.15, 0.2) is 12.1 Å². The highest BCUT2D eigenvalue weighted by molar-refractivity contribution is 7.80. The smallest absolute Gasteiger partial charge is 0.426 e. The molecule has 1 saturated heterocycles. The molecule has 1 aromatic rings. The van der Waals surface area contributed by atoms with E-state index in [4.69, 9.17) is 4.74 Å². The fourth-order valence-electron chi connectivity index (χ4n) is 3.04. The monoisotopic (exact) mass is 474 g/mol. The highest BCUT2D eigenvalue weighted by atomic mass is 32.2. The van der Waals surface area contributed by atoms with Crippen LogP contribution in [0.1, 0.15) is 30.6 Å². The van der Waals surface area contributed by atoms with Crippen LogP contribution in [0.3, 0.4) is 0 Å². The van der Waals surface area contributed by atoms with Gasteiger partial charge < -0.3 is 34.6 Å². The van der Waals surface area contributed by atoms with Crippen molar-refractivity contribution in [3.8, 4) is 17.2 Å². The lowest BCUT2D eigenvalue weighted by Gasteiger charge is -2.49. The molecule has 14 nitrogen and oxygen atoms in total. The van der Waals surface area contributed by atoms with Gasteiger partial charge >= 0.3 is 12.1 Å². The van der Waals surface area contributed by atoms with Gasteiger partial charge in [0, 0.05) is 18.0 Å². The Balaban J connectivity index is 2.05. The summed E-state index contributed by atoms with van der Waals surface area (Å²) in [5, 5.41) is 37.6. The Hall–Kier alpha value is -3.59. The zero-order valence-corrected chi connectivity index (χ0v) is 17.5. The van der Waals surface area contributed by atoms with E-state index in [1.807, 2.05) is 5.43 Å². The predicted molar refractivity (Wildman–Crippen MR) is 103 cm³/mol. The van der Waals surface area contributed by atoms with E-state index < -0.39 is 75.6 Å². The third-order valence-corrected chi connectivity index (χ3v) is 5.91. The standard InChI is InChI=1S/C17H21N3O11S/c1-7-3-11(23)20(7)13(15(26)27)17(2,32(29)30)6-31-16(28)19-18-14(25)8-4-9(21)12(24)10(22)5-8/h4-5,7,13,21-22,24H,3,6H2,1-2H3,(H,18,25)(H,19,28)(H,26,27)(H,29,30)/p-1/t7-,13+,17+/m1/s1. The number of carbonyl (C=O) groups is 4. The Labute approximate surface area is 183 Å². The van der Waals surface area contributed by atoms with Gasteiger partial charge in [0.15, 0.2) is 17.2 Å². The molecule has 176 valence electrons. The van der Waals surface area contributed by atoms with E-state index in [0.29, 0.717) is 0 Å². The molecular formula is C17H20N3O11S-. The first-order valence-corrected chi connectivity index (χ1v) is 9.98. The predicted octanol–water partition coefficient (Wildman–Crippen LogP) is -1.11. The molecule has 0 radical (unpaired) electrons. The second-order valence-electron chi connectivity index (χ2n) is 7.16. The van der Waals surface area contributed by atoms with E-state index in [0.717, 1.165) is 24.0 Å². The Bertz CT molecular complexity index is 961. The normalized spacial score (nSPS) is 19.2. The van der Waals surface area contributed by atoms with E-state index in [9.17, 15) is 48.4 Å². The number of ether oxygens (including phenoxy) is 1. The summed E-state index contributed by atoms with van der Waals surface area (Å²) in [6.07, 6.45) is -1.32. The maximum Gasteiger partial charge on any atom is 0.426 e. The van der Waals surface area contributed by atoms with Crippen molar-refractivity contribution in [2.45, 2.75) is 37.1 Å². The number of likely N-dealkylation sites (tertiary alicyclic amines) is 1. The van der Waals surface area contributed by atoms with Gasteiger partial charge in [-0.15, -0.1) is 0 Å². The summed E-state index contributed by atoms with van der Waals surface area (Å²) < 4.78 is 26.2. The third kappa shape index (κ3) is 4.83. The molecule has 0 spiro atoms. The Morgan fingerprint density at radius 1 is 1.28 bits per heavy atom. The van der Waals surface area contributed by atoms with Crippen molar-refractivity contribution >= 4 is 35.0 Å². The number of carboxylic acid groups (broad SMARTS) is 1. The van der Waals surface area contributed by atoms with Crippen LogP contribution in [-0.2, 0) is 25.4 Å². The summed E-state index contributed by atoms with van der Waals surface area (Å²) in [5.41, 5.74) is 3.26. The van der Waals surface area contributed by atoms with Gasteiger partial charge in [0.1, 0.15) is 12.6 Å². The molecule has 0 aromatic heterocycles. The van der Waals surface area contributed by atoms with Crippen molar-refractivity contribution in [3.63, 3.8) is 0 Å². The van der Waals surface area contributed by atoms with Crippen molar-refractivity contribution in [2.24, 2.45) is 0 Å². The summed E-state index contributed by atoms with van der Waals surface area (Å²) in [6, 6.07) is -0.782. The maximum atomic E-state index is 12.0. The molecule has 1 heterocycles. The van der Waals surface area contributed by atoms with Gasteiger partial charge in [-0.05, 0) is 37.1 Å². The van der Waals surface area contributed by atoms with Crippen molar-refractivity contribution in [3.05, 3.63) is 17.7 Å². The second kappa shape index (κ2) is 9.27. The number of hydrogen-bond donors (Lipinski definition) is 6. The van der Waals surface area contributed by atoms with Crippen LogP contribution >= 0.6 is 0 Å². The number of β-lactam (4-membered cyclic amide) rings is 1. The minimum absolute atomic E-state index is 0.0428.